The Labute approximate surface area is 164 Å². The van der Waals surface area contributed by atoms with Crippen LogP contribution >= 0.6 is 0 Å². The number of rotatable bonds is 6. The van der Waals surface area contributed by atoms with Gasteiger partial charge in [-0.3, -0.25) is 9.78 Å². The molecule has 0 bridgehead atoms. The molecule has 6 heteroatoms. The van der Waals surface area contributed by atoms with E-state index in [1.165, 1.54) is 0 Å². The van der Waals surface area contributed by atoms with Crippen LogP contribution in [0.1, 0.15) is 29.9 Å². The number of hydrogen-bond acceptors (Lipinski definition) is 5. The summed E-state index contributed by atoms with van der Waals surface area (Å²) in [6, 6.07) is 14.4. The first-order valence-electron chi connectivity index (χ1n) is 9.04. The van der Waals surface area contributed by atoms with Crippen LogP contribution in [0.25, 0.3) is 10.9 Å². The number of amides is 1. The summed E-state index contributed by atoms with van der Waals surface area (Å²) in [4.78, 5) is 17.0. The molecule has 1 aromatic heterocycles. The molecule has 3 N–H and O–H groups in total. The number of carbonyl (C=O) groups is 1. The van der Waals surface area contributed by atoms with Crippen molar-refractivity contribution in [3.05, 3.63) is 59.8 Å². The lowest BCUT2D eigenvalue weighted by atomic mass is 10.1. The number of aromatic nitrogens is 1. The van der Waals surface area contributed by atoms with Gasteiger partial charge < -0.3 is 20.5 Å². The molecule has 1 amide bonds. The van der Waals surface area contributed by atoms with Gasteiger partial charge in [0.1, 0.15) is 18.1 Å². The molecule has 0 aliphatic rings. The lowest BCUT2D eigenvalue weighted by Crippen LogP contribution is -2.47. The van der Waals surface area contributed by atoms with E-state index < -0.39 is 5.54 Å². The van der Waals surface area contributed by atoms with Crippen molar-refractivity contribution in [2.75, 3.05) is 19.5 Å². The molecule has 0 saturated heterocycles. The molecule has 6 nitrogen and oxygen atoms in total. The summed E-state index contributed by atoms with van der Waals surface area (Å²) in [5.41, 5.74) is 8.41. The van der Waals surface area contributed by atoms with E-state index in [1.807, 2.05) is 45.0 Å². The predicted octanol–water partition coefficient (Wildman–Crippen LogP) is 3.72. The number of benzene rings is 2. The van der Waals surface area contributed by atoms with E-state index in [0.717, 1.165) is 16.6 Å². The van der Waals surface area contributed by atoms with Gasteiger partial charge in [-0.25, -0.2) is 0 Å². The topological polar surface area (TPSA) is 86.5 Å². The average molecular weight is 379 g/mol. The molecule has 146 valence electrons. The van der Waals surface area contributed by atoms with Crippen molar-refractivity contribution < 1.29 is 14.3 Å². The van der Waals surface area contributed by atoms with Gasteiger partial charge in [0.05, 0.1) is 23.6 Å². The summed E-state index contributed by atoms with van der Waals surface area (Å²) < 4.78 is 11.1. The number of aryl methyl sites for hydroxylation is 1. The van der Waals surface area contributed by atoms with Crippen LogP contribution in [-0.2, 0) is 0 Å². The first kappa shape index (κ1) is 19.5. The highest BCUT2D eigenvalue weighted by Crippen LogP contribution is 2.30. The van der Waals surface area contributed by atoms with Crippen molar-refractivity contribution >= 4 is 22.5 Å². The number of anilines is 1. The molecule has 3 rings (SSSR count). The Morgan fingerprint density at radius 1 is 1.18 bits per heavy atom. The standard InChI is InChI=1S/C22H25N3O3/c1-14-12-17(23)20-18(24-14)6-5-7-19(20)28-13-22(2,3)25-21(26)15-8-10-16(27-4)11-9-15/h5-12H,13H2,1-4H3,(H2,23,24)(H,25,26). The Morgan fingerprint density at radius 3 is 2.57 bits per heavy atom. The molecule has 0 saturated carbocycles. The van der Waals surface area contributed by atoms with Gasteiger partial charge >= 0.3 is 0 Å². The maximum Gasteiger partial charge on any atom is 0.251 e. The van der Waals surface area contributed by atoms with Crippen molar-refractivity contribution in [3.8, 4) is 11.5 Å². The smallest absolute Gasteiger partial charge is 0.251 e. The number of fused-ring (bicyclic) bond motifs is 1. The number of pyridine rings is 1. The summed E-state index contributed by atoms with van der Waals surface area (Å²) in [7, 11) is 1.59. The fraction of sp³-hybridized carbons (Fsp3) is 0.273. The van der Waals surface area contributed by atoms with Crippen LogP contribution in [0.2, 0.25) is 0 Å². The second kappa shape index (κ2) is 7.76. The second-order valence-corrected chi connectivity index (χ2v) is 7.36. The highest BCUT2D eigenvalue weighted by atomic mass is 16.5. The number of nitrogen functional groups attached to an aromatic ring is 1. The van der Waals surface area contributed by atoms with Gasteiger partial charge in [0.15, 0.2) is 0 Å². The van der Waals surface area contributed by atoms with E-state index in [2.05, 4.69) is 10.3 Å². The van der Waals surface area contributed by atoms with Crippen LogP contribution in [-0.4, -0.2) is 30.1 Å². The van der Waals surface area contributed by atoms with Crippen molar-refractivity contribution in [2.24, 2.45) is 0 Å². The Morgan fingerprint density at radius 2 is 1.89 bits per heavy atom. The molecule has 3 aromatic rings. The van der Waals surface area contributed by atoms with Gasteiger partial charge in [-0.15, -0.1) is 0 Å². The Balaban J connectivity index is 1.72. The quantitative estimate of drug-likeness (QED) is 0.682. The SMILES string of the molecule is COc1ccc(C(=O)NC(C)(C)COc2cccc3nc(C)cc(N)c23)cc1. The fourth-order valence-corrected chi connectivity index (χ4v) is 2.96. The lowest BCUT2D eigenvalue weighted by Gasteiger charge is -2.27. The average Bonchev–Trinajstić information content (AvgIpc) is 2.65. The lowest BCUT2D eigenvalue weighted by molar-refractivity contribution is 0.0881. The van der Waals surface area contributed by atoms with Crippen LogP contribution in [0.5, 0.6) is 11.5 Å². The van der Waals surface area contributed by atoms with Crippen molar-refractivity contribution in [3.63, 3.8) is 0 Å². The second-order valence-electron chi connectivity index (χ2n) is 7.36. The molecule has 0 fully saturated rings. The zero-order chi connectivity index (χ0) is 20.3. The zero-order valence-corrected chi connectivity index (χ0v) is 16.6. The highest BCUT2D eigenvalue weighted by molar-refractivity contribution is 5.96. The molecule has 0 aliphatic heterocycles. The molecule has 1 heterocycles. The Hall–Kier alpha value is -3.28. The van der Waals surface area contributed by atoms with E-state index in [1.54, 1.807) is 31.4 Å². The normalized spacial score (nSPS) is 11.3. The zero-order valence-electron chi connectivity index (χ0n) is 16.6. The summed E-state index contributed by atoms with van der Waals surface area (Å²) in [5.74, 6) is 1.18. The molecule has 0 spiro atoms. The van der Waals surface area contributed by atoms with Crippen LogP contribution in [0, 0.1) is 6.92 Å². The minimum atomic E-state index is -0.591. The number of nitrogens with zero attached hydrogens (tertiary/aromatic N) is 1. The van der Waals surface area contributed by atoms with Gasteiger partial charge in [-0.05, 0) is 63.2 Å². The number of methoxy groups -OCH3 is 1. The molecular formula is C22H25N3O3. The fourth-order valence-electron chi connectivity index (χ4n) is 2.96. The molecule has 0 aliphatic carbocycles. The Kier molecular flexibility index (Phi) is 5.40. The van der Waals surface area contributed by atoms with Crippen molar-refractivity contribution in [1.82, 2.24) is 10.3 Å². The molecule has 28 heavy (non-hydrogen) atoms. The van der Waals surface area contributed by atoms with Crippen LogP contribution in [0.15, 0.2) is 48.5 Å². The number of hydrogen-bond donors (Lipinski definition) is 2. The third-order valence-corrected chi connectivity index (χ3v) is 4.35. The third kappa shape index (κ3) is 4.34. The van der Waals surface area contributed by atoms with Crippen LogP contribution in [0.4, 0.5) is 5.69 Å². The maximum absolute atomic E-state index is 12.5. The summed E-state index contributed by atoms with van der Waals surface area (Å²) in [5, 5.41) is 3.78. The van der Waals surface area contributed by atoms with Gasteiger partial charge in [-0.2, -0.15) is 0 Å². The molecular weight excluding hydrogens is 354 g/mol. The molecule has 2 aromatic carbocycles. The first-order valence-corrected chi connectivity index (χ1v) is 9.04. The predicted molar refractivity (Wildman–Crippen MR) is 111 cm³/mol. The monoisotopic (exact) mass is 379 g/mol. The third-order valence-electron chi connectivity index (χ3n) is 4.35. The van der Waals surface area contributed by atoms with Gasteiger partial charge in [0.25, 0.3) is 5.91 Å². The van der Waals surface area contributed by atoms with E-state index in [0.29, 0.717) is 22.7 Å². The minimum absolute atomic E-state index is 0.175. The van der Waals surface area contributed by atoms with E-state index >= 15 is 0 Å². The van der Waals surface area contributed by atoms with Gasteiger partial charge in [0.2, 0.25) is 0 Å². The molecule has 0 radical (unpaired) electrons. The first-order chi connectivity index (χ1) is 13.3. The number of ether oxygens (including phenoxy) is 2. The Bertz CT molecular complexity index is 998. The van der Waals surface area contributed by atoms with Gasteiger partial charge in [0, 0.05) is 16.9 Å². The minimum Gasteiger partial charge on any atom is -0.497 e. The van der Waals surface area contributed by atoms with E-state index in [9.17, 15) is 4.79 Å². The summed E-state index contributed by atoms with van der Waals surface area (Å²) >= 11 is 0. The maximum atomic E-state index is 12.5. The largest absolute Gasteiger partial charge is 0.497 e. The van der Waals surface area contributed by atoms with E-state index in [-0.39, 0.29) is 12.5 Å². The molecule has 0 unspecified atom stereocenters. The number of carbonyl (C=O) groups excluding carboxylic acids is 1. The highest BCUT2D eigenvalue weighted by Gasteiger charge is 2.23. The number of nitrogens with one attached hydrogen (secondary N) is 1. The van der Waals surface area contributed by atoms with Crippen LogP contribution in [0.3, 0.4) is 0 Å². The van der Waals surface area contributed by atoms with Gasteiger partial charge in [-0.1, -0.05) is 6.07 Å². The summed E-state index contributed by atoms with van der Waals surface area (Å²) in [6.07, 6.45) is 0. The molecule has 0 atom stereocenters. The number of nitrogens with two attached hydrogens (primary N) is 1. The van der Waals surface area contributed by atoms with E-state index in [4.69, 9.17) is 15.2 Å². The van der Waals surface area contributed by atoms with Crippen LogP contribution < -0.4 is 20.5 Å². The summed E-state index contributed by atoms with van der Waals surface area (Å²) in [6.45, 7) is 6.00. The van der Waals surface area contributed by atoms with Crippen molar-refractivity contribution in [1.29, 1.82) is 0 Å². The van der Waals surface area contributed by atoms with Crippen molar-refractivity contribution in [2.45, 2.75) is 26.3 Å².